The van der Waals surface area contributed by atoms with Gasteiger partial charge in [0, 0.05) is 24.5 Å². The van der Waals surface area contributed by atoms with Gasteiger partial charge < -0.3 is 19.9 Å². The number of nitrogens with zero attached hydrogens (tertiary/aromatic N) is 2. The predicted molar refractivity (Wildman–Crippen MR) is 122 cm³/mol. The van der Waals surface area contributed by atoms with E-state index < -0.39 is 11.7 Å². The molecular weight excluding hydrogens is 451 g/mol. The summed E-state index contributed by atoms with van der Waals surface area (Å²) >= 11 is 6.13. The number of hydrogen-bond donors (Lipinski definition) is 2. The van der Waals surface area contributed by atoms with Crippen molar-refractivity contribution in [3.8, 4) is 11.3 Å². The summed E-state index contributed by atoms with van der Waals surface area (Å²) in [6.45, 7) is 4.54. The monoisotopic (exact) mass is 472 g/mol. The molecule has 172 valence electrons. The van der Waals surface area contributed by atoms with E-state index in [1.807, 2.05) is 4.90 Å². The Labute approximate surface area is 194 Å². The minimum Gasteiger partial charge on any atom is -0.379 e. The van der Waals surface area contributed by atoms with Crippen molar-refractivity contribution in [2.24, 2.45) is 0 Å². The SMILES string of the molecule is Cc1onc(-c2c(F)cccc2Cl)c1C(=O)Nc1ccc(NC(=O)CN2CCOCC2)cc1. The number of hydrogen-bond acceptors (Lipinski definition) is 6. The number of rotatable bonds is 6. The van der Waals surface area contributed by atoms with Crippen molar-refractivity contribution < 1.29 is 23.2 Å². The Morgan fingerprint density at radius 1 is 1.09 bits per heavy atom. The van der Waals surface area contributed by atoms with Gasteiger partial charge >= 0.3 is 0 Å². The van der Waals surface area contributed by atoms with Crippen molar-refractivity contribution in [3.63, 3.8) is 0 Å². The summed E-state index contributed by atoms with van der Waals surface area (Å²) in [5.41, 5.74) is 1.20. The Balaban J connectivity index is 1.43. The lowest BCUT2D eigenvalue weighted by Crippen LogP contribution is -2.41. The first kappa shape index (κ1) is 22.9. The summed E-state index contributed by atoms with van der Waals surface area (Å²) in [6.07, 6.45) is 0. The van der Waals surface area contributed by atoms with Crippen LogP contribution in [-0.2, 0) is 9.53 Å². The molecule has 3 aromatic rings. The topological polar surface area (TPSA) is 96.7 Å². The number of halogens is 2. The van der Waals surface area contributed by atoms with E-state index in [-0.39, 0.29) is 40.1 Å². The molecule has 0 bridgehead atoms. The van der Waals surface area contributed by atoms with Crippen molar-refractivity contribution in [1.29, 1.82) is 0 Å². The van der Waals surface area contributed by atoms with Gasteiger partial charge in [0.1, 0.15) is 22.8 Å². The lowest BCUT2D eigenvalue weighted by molar-refractivity contribution is -0.118. The molecule has 0 unspecified atom stereocenters. The molecule has 1 fully saturated rings. The molecule has 1 aromatic heterocycles. The van der Waals surface area contributed by atoms with Crippen LogP contribution in [0.15, 0.2) is 47.0 Å². The normalized spacial score (nSPS) is 14.2. The highest BCUT2D eigenvalue weighted by Gasteiger charge is 2.25. The molecule has 0 aliphatic carbocycles. The van der Waals surface area contributed by atoms with E-state index in [4.69, 9.17) is 20.9 Å². The van der Waals surface area contributed by atoms with Crippen LogP contribution in [0.3, 0.4) is 0 Å². The van der Waals surface area contributed by atoms with Gasteiger partial charge in [0.05, 0.1) is 30.3 Å². The third kappa shape index (κ3) is 5.39. The lowest BCUT2D eigenvalue weighted by atomic mass is 10.0. The number of anilines is 2. The number of aromatic nitrogens is 1. The van der Waals surface area contributed by atoms with E-state index in [0.29, 0.717) is 24.6 Å². The Morgan fingerprint density at radius 3 is 2.42 bits per heavy atom. The maximum Gasteiger partial charge on any atom is 0.261 e. The second kappa shape index (κ2) is 10.1. The standard InChI is InChI=1S/C23H22ClFN4O4/c1-14-20(22(28-33-14)21-17(24)3-2-4-18(21)25)23(31)27-16-7-5-15(6-8-16)26-19(30)13-29-9-11-32-12-10-29/h2-8H,9-13H2,1H3,(H,26,30)(H,27,31). The summed E-state index contributed by atoms with van der Waals surface area (Å²) in [5.74, 6) is -1.02. The van der Waals surface area contributed by atoms with E-state index in [2.05, 4.69) is 15.8 Å². The minimum atomic E-state index is -0.609. The smallest absolute Gasteiger partial charge is 0.261 e. The zero-order valence-electron chi connectivity index (χ0n) is 17.9. The largest absolute Gasteiger partial charge is 0.379 e. The van der Waals surface area contributed by atoms with Crippen LogP contribution < -0.4 is 10.6 Å². The summed E-state index contributed by atoms with van der Waals surface area (Å²) < 4.78 is 24.8. The molecule has 4 rings (SSSR count). The molecule has 10 heteroatoms. The summed E-state index contributed by atoms with van der Waals surface area (Å²) in [7, 11) is 0. The molecule has 2 amide bonds. The van der Waals surface area contributed by atoms with Crippen LogP contribution in [0.25, 0.3) is 11.3 Å². The van der Waals surface area contributed by atoms with Gasteiger partial charge in [-0.3, -0.25) is 14.5 Å². The average molecular weight is 473 g/mol. The van der Waals surface area contributed by atoms with Gasteiger partial charge in [-0.05, 0) is 43.3 Å². The third-order valence-electron chi connectivity index (χ3n) is 5.19. The van der Waals surface area contributed by atoms with E-state index in [9.17, 15) is 14.0 Å². The number of carbonyl (C=O) groups excluding carboxylic acids is 2. The van der Waals surface area contributed by atoms with Crippen LogP contribution in [-0.4, -0.2) is 54.7 Å². The molecule has 2 heterocycles. The Kier molecular flexibility index (Phi) is 7.02. The number of benzene rings is 2. The fourth-order valence-electron chi connectivity index (χ4n) is 3.53. The first-order valence-electron chi connectivity index (χ1n) is 10.3. The van der Waals surface area contributed by atoms with Crippen LogP contribution in [0.2, 0.25) is 5.02 Å². The van der Waals surface area contributed by atoms with Crippen molar-refractivity contribution in [3.05, 3.63) is 64.6 Å². The van der Waals surface area contributed by atoms with Gasteiger partial charge in [0.2, 0.25) is 5.91 Å². The summed E-state index contributed by atoms with van der Waals surface area (Å²) in [4.78, 5) is 27.2. The number of ether oxygens (including phenoxy) is 1. The maximum absolute atomic E-state index is 14.4. The second-order valence-corrected chi connectivity index (χ2v) is 7.93. The van der Waals surface area contributed by atoms with Gasteiger partial charge in [-0.25, -0.2) is 4.39 Å². The zero-order valence-corrected chi connectivity index (χ0v) is 18.6. The number of carbonyl (C=O) groups is 2. The van der Waals surface area contributed by atoms with E-state index in [1.54, 1.807) is 31.2 Å². The number of aryl methyl sites for hydroxylation is 1. The average Bonchev–Trinajstić information content (AvgIpc) is 3.16. The quantitative estimate of drug-likeness (QED) is 0.563. The molecule has 33 heavy (non-hydrogen) atoms. The maximum atomic E-state index is 14.4. The molecule has 2 N–H and O–H groups in total. The highest BCUT2D eigenvalue weighted by Crippen LogP contribution is 2.33. The third-order valence-corrected chi connectivity index (χ3v) is 5.50. The van der Waals surface area contributed by atoms with E-state index in [1.165, 1.54) is 18.2 Å². The Morgan fingerprint density at radius 2 is 1.76 bits per heavy atom. The van der Waals surface area contributed by atoms with Gasteiger partial charge in [-0.2, -0.15) is 0 Å². The van der Waals surface area contributed by atoms with Crippen molar-refractivity contribution >= 4 is 34.8 Å². The number of nitrogens with one attached hydrogen (secondary N) is 2. The summed E-state index contributed by atoms with van der Waals surface area (Å²) in [6, 6.07) is 10.9. The number of amides is 2. The van der Waals surface area contributed by atoms with Gasteiger partial charge in [-0.15, -0.1) is 0 Å². The Bertz CT molecular complexity index is 1140. The van der Waals surface area contributed by atoms with Crippen LogP contribution in [0.5, 0.6) is 0 Å². The summed E-state index contributed by atoms with van der Waals surface area (Å²) in [5, 5.41) is 9.54. The number of morpholine rings is 1. The molecule has 0 atom stereocenters. The molecule has 1 aliphatic heterocycles. The van der Waals surface area contributed by atoms with Gasteiger partial charge in [0.15, 0.2) is 0 Å². The predicted octanol–water partition coefficient (Wildman–Crippen LogP) is 3.97. The van der Waals surface area contributed by atoms with E-state index >= 15 is 0 Å². The van der Waals surface area contributed by atoms with Crippen molar-refractivity contribution in [1.82, 2.24) is 10.1 Å². The first-order valence-corrected chi connectivity index (χ1v) is 10.7. The van der Waals surface area contributed by atoms with Crippen LogP contribution in [0.1, 0.15) is 16.1 Å². The molecular formula is C23H22ClFN4O4. The van der Waals surface area contributed by atoms with Crippen LogP contribution >= 0.6 is 11.6 Å². The molecule has 8 nitrogen and oxygen atoms in total. The van der Waals surface area contributed by atoms with Crippen LogP contribution in [0, 0.1) is 12.7 Å². The van der Waals surface area contributed by atoms with Crippen LogP contribution in [0.4, 0.5) is 15.8 Å². The highest BCUT2D eigenvalue weighted by molar-refractivity contribution is 6.33. The van der Waals surface area contributed by atoms with Crippen molar-refractivity contribution in [2.45, 2.75) is 6.92 Å². The molecule has 1 saturated heterocycles. The highest BCUT2D eigenvalue weighted by atomic mass is 35.5. The Hall–Kier alpha value is -3.27. The minimum absolute atomic E-state index is 0.000468. The molecule has 2 aromatic carbocycles. The fourth-order valence-corrected chi connectivity index (χ4v) is 3.78. The fraction of sp³-hybridized carbons (Fsp3) is 0.261. The first-order chi connectivity index (χ1) is 15.9. The lowest BCUT2D eigenvalue weighted by Gasteiger charge is -2.25. The van der Waals surface area contributed by atoms with E-state index in [0.717, 1.165) is 13.1 Å². The molecule has 1 aliphatic rings. The van der Waals surface area contributed by atoms with Gasteiger partial charge in [-0.1, -0.05) is 22.8 Å². The molecule has 0 saturated carbocycles. The van der Waals surface area contributed by atoms with Crippen molar-refractivity contribution in [2.75, 3.05) is 43.5 Å². The van der Waals surface area contributed by atoms with Gasteiger partial charge in [0.25, 0.3) is 5.91 Å². The second-order valence-electron chi connectivity index (χ2n) is 7.53. The zero-order chi connectivity index (χ0) is 23.4. The molecule has 0 spiro atoms. The molecule has 0 radical (unpaired) electrons.